The second kappa shape index (κ2) is 10.3. The first-order chi connectivity index (χ1) is 16.0. The van der Waals surface area contributed by atoms with Gasteiger partial charge < -0.3 is 30.2 Å². The van der Waals surface area contributed by atoms with Gasteiger partial charge in [-0.15, -0.1) is 0 Å². The summed E-state index contributed by atoms with van der Waals surface area (Å²) in [5.41, 5.74) is 0.985. The predicted molar refractivity (Wildman–Crippen MR) is 124 cm³/mol. The first kappa shape index (κ1) is 22.5. The van der Waals surface area contributed by atoms with Crippen LogP contribution in [0.2, 0.25) is 0 Å². The fourth-order valence-electron chi connectivity index (χ4n) is 4.12. The summed E-state index contributed by atoms with van der Waals surface area (Å²) >= 11 is 0. The molecule has 0 saturated carbocycles. The summed E-state index contributed by atoms with van der Waals surface area (Å²) in [7, 11) is 0. The number of likely N-dealkylation sites (tertiary alicyclic amines) is 1. The highest BCUT2D eigenvalue weighted by molar-refractivity contribution is 5.78. The lowest BCUT2D eigenvalue weighted by Gasteiger charge is -2.34. The molecule has 0 radical (unpaired) electrons. The second-order valence-electron chi connectivity index (χ2n) is 8.14. The van der Waals surface area contributed by atoms with Crippen LogP contribution in [0.3, 0.4) is 0 Å². The highest BCUT2D eigenvalue weighted by Crippen LogP contribution is 2.28. The van der Waals surface area contributed by atoms with Crippen molar-refractivity contribution < 1.29 is 9.53 Å². The third kappa shape index (κ3) is 5.40. The third-order valence-electron chi connectivity index (χ3n) is 5.84. The predicted octanol–water partition coefficient (Wildman–Crippen LogP) is 1.37. The molecule has 0 bridgehead atoms. The molecule has 174 valence electrons. The average molecular weight is 453 g/mol. The van der Waals surface area contributed by atoms with Crippen molar-refractivity contribution in [2.24, 2.45) is 0 Å². The summed E-state index contributed by atoms with van der Waals surface area (Å²) in [6.45, 7) is 5.79. The van der Waals surface area contributed by atoms with Crippen LogP contribution in [0.1, 0.15) is 24.8 Å². The Morgan fingerprint density at radius 1 is 1.33 bits per heavy atom. The van der Waals surface area contributed by atoms with Crippen LogP contribution in [0.25, 0.3) is 0 Å². The summed E-state index contributed by atoms with van der Waals surface area (Å²) in [6.07, 6.45) is 3.19. The van der Waals surface area contributed by atoms with Crippen LogP contribution in [-0.2, 0) is 9.53 Å². The Kier molecular flexibility index (Phi) is 7.04. The zero-order chi connectivity index (χ0) is 23.2. The normalized spacial score (nSPS) is 18.5. The van der Waals surface area contributed by atoms with Gasteiger partial charge in [0.05, 0.1) is 19.3 Å². The minimum atomic E-state index is -0.261. The van der Waals surface area contributed by atoms with Crippen molar-refractivity contribution in [3.63, 3.8) is 0 Å². The van der Waals surface area contributed by atoms with Gasteiger partial charge in [0.1, 0.15) is 23.7 Å². The smallest absolute Gasteiger partial charge is 0.271 e. The molecule has 4 rings (SSSR count). The number of hydrogen-bond acceptors (Lipinski definition) is 9. The lowest BCUT2D eigenvalue weighted by atomic mass is 10.0. The Labute approximate surface area is 191 Å². The molecular formula is C22H28N8O3. The second-order valence-corrected chi connectivity index (χ2v) is 8.14. The van der Waals surface area contributed by atoms with Crippen molar-refractivity contribution in [3.05, 3.63) is 34.2 Å². The summed E-state index contributed by atoms with van der Waals surface area (Å²) in [4.78, 5) is 40.2. The number of carbonyl (C=O) groups excluding carboxylic acids is 1. The Bertz CT molecular complexity index is 1090. The van der Waals surface area contributed by atoms with Gasteiger partial charge in [-0.2, -0.15) is 15.2 Å². The zero-order valence-electron chi connectivity index (χ0n) is 18.6. The van der Waals surface area contributed by atoms with Crippen molar-refractivity contribution >= 4 is 29.2 Å². The molecule has 3 N–H and O–H groups in total. The SMILES string of the molecule is Cc1c(N[C@@H]2CCCN(C(=O)CC#N)C2)nc(Nc2ccc[nH]c2=O)nc1N1CCOCC1. The number of pyridine rings is 1. The van der Waals surface area contributed by atoms with Gasteiger partial charge in [-0.05, 0) is 31.9 Å². The van der Waals surface area contributed by atoms with Gasteiger partial charge in [-0.1, -0.05) is 0 Å². The van der Waals surface area contributed by atoms with E-state index in [4.69, 9.17) is 15.0 Å². The maximum absolute atomic E-state index is 12.2. The van der Waals surface area contributed by atoms with Crippen LogP contribution in [-0.4, -0.2) is 71.2 Å². The van der Waals surface area contributed by atoms with E-state index in [0.717, 1.165) is 24.2 Å². The van der Waals surface area contributed by atoms with E-state index >= 15 is 0 Å². The molecule has 2 saturated heterocycles. The number of ether oxygens (including phenoxy) is 1. The van der Waals surface area contributed by atoms with Crippen molar-refractivity contribution in [2.75, 3.05) is 54.9 Å². The molecule has 1 amide bonds. The minimum absolute atomic E-state index is 0.000472. The van der Waals surface area contributed by atoms with Gasteiger partial charge in [0.2, 0.25) is 11.9 Å². The molecule has 0 aliphatic carbocycles. The Balaban J connectivity index is 1.61. The number of aromatic nitrogens is 3. The molecule has 2 aromatic rings. The quantitative estimate of drug-likeness (QED) is 0.593. The molecule has 2 aromatic heterocycles. The van der Waals surface area contributed by atoms with Crippen LogP contribution in [0.4, 0.5) is 23.3 Å². The number of amides is 1. The Hall–Kier alpha value is -3.65. The van der Waals surface area contributed by atoms with E-state index in [1.165, 1.54) is 0 Å². The number of aromatic amines is 1. The molecule has 2 aliphatic rings. The standard InChI is InChI=1S/C22H28N8O3/c1-15-19(25-16-4-3-9-30(14-16)18(31)6-7-23)27-22(26-17-5-2-8-24-21(17)32)28-20(15)29-10-12-33-13-11-29/h2,5,8,16H,3-4,6,9-14H2,1H3,(H,24,32)(H2,25,26,27,28)/t16-/m1/s1. The first-order valence-electron chi connectivity index (χ1n) is 11.1. The third-order valence-corrected chi connectivity index (χ3v) is 5.84. The molecule has 0 unspecified atom stereocenters. The summed E-state index contributed by atoms with van der Waals surface area (Å²) in [6, 6.07) is 5.33. The monoisotopic (exact) mass is 452 g/mol. The highest BCUT2D eigenvalue weighted by atomic mass is 16.5. The molecule has 1 atom stereocenters. The lowest BCUT2D eigenvalue weighted by Crippen LogP contribution is -2.45. The van der Waals surface area contributed by atoms with Gasteiger partial charge in [-0.3, -0.25) is 9.59 Å². The van der Waals surface area contributed by atoms with Crippen molar-refractivity contribution in [1.82, 2.24) is 19.9 Å². The van der Waals surface area contributed by atoms with Gasteiger partial charge in [0, 0.05) is 44.0 Å². The van der Waals surface area contributed by atoms with Crippen LogP contribution in [0.5, 0.6) is 0 Å². The average Bonchev–Trinajstić information content (AvgIpc) is 2.83. The summed E-state index contributed by atoms with van der Waals surface area (Å²) in [5, 5.41) is 15.4. The zero-order valence-corrected chi connectivity index (χ0v) is 18.6. The van der Waals surface area contributed by atoms with Crippen LogP contribution in [0, 0.1) is 18.3 Å². The summed E-state index contributed by atoms with van der Waals surface area (Å²) in [5.74, 6) is 1.59. The maximum atomic E-state index is 12.2. The van der Waals surface area contributed by atoms with Crippen molar-refractivity contribution in [3.8, 4) is 6.07 Å². The topological polar surface area (TPSA) is 139 Å². The van der Waals surface area contributed by atoms with Gasteiger partial charge in [0.25, 0.3) is 5.56 Å². The number of nitrogens with one attached hydrogen (secondary N) is 3. The Morgan fingerprint density at radius 2 is 2.15 bits per heavy atom. The largest absolute Gasteiger partial charge is 0.378 e. The molecular weight excluding hydrogens is 424 g/mol. The minimum Gasteiger partial charge on any atom is -0.378 e. The Morgan fingerprint density at radius 3 is 2.91 bits per heavy atom. The van der Waals surface area contributed by atoms with Gasteiger partial charge >= 0.3 is 0 Å². The molecule has 0 spiro atoms. The van der Waals surface area contributed by atoms with Gasteiger partial charge in [0.15, 0.2) is 0 Å². The number of carbonyl (C=O) groups is 1. The number of piperidine rings is 1. The van der Waals surface area contributed by atoms with E-state index in [-0.39, 0.29) is 23.9 Å². The lowest BCUT2D eigenvalue weighted by molar-refractivity contribution is -0.131. The summed E-state index contributed by atoms with van der Waals surface area (Å²) < 4.78 is 5.49. The number of morpholine rings is 1. The molecule has 4 heterocycles. The van der Waals surface area contributed by atoms with E-state index in [9.17, 15) is 9.59 Å². The van der Waals surface area contributed by atoms with E-state index < -0.39 is 0 Å². The van der Waals surface area contributed by atoms with Crippen molar-refractivity contribution in [1.29, 1.82) is 5.26 Å². The van der Waals surface area contributed by atoms with Crippen LogP contribution in [0.15, 0.2) is 23.1 Å². The molecule has 11 nitrogen and oxygen atoms in total. The van der Waals surface area contributed by atoms with E-state index in [0.29, 0.717) is 56.8 Å². The van der Waals surface area contributed by atoms with Crippen LogP contribution >= 0.6 is 0 Å². The molecule has 0 aromatic carbocycles. The fourth-order valence-corrected chi connectivity index (χ4v) is 4.12. The fraction of sp³-hybridized carbons (Fsp3) is 0.500. The molecule has 33 heavy (non-hydrogen) atoms. The number of hydrogen-bond donors (Lipinski definition) is 3. The first-order valence-corrected chi connectivity index (χ1v) is 11.1. The van der Waals surface area contributed by atoms with Crippen molar-refractivity contribution in [2.45, 2.75) is 32.2 Å². The maximum Gasteiger partial charge on any atom is 0.271 e. The number of anilines is 4. The van der Waals surface area contributed by atoms with E-state index in [1.54, 1.807) is 23.2 Å². The molecule has 2 aliphatic heterocycles. The number of nitriles is 1. The van der Waals surface area contributed by atoms with Gasteiger partial charge in [-0.25, -0.2) is 0 Å². The molecule has 11 heteroatoms. The number of H-pyrrole nitrogens is 1. The number of nitrogens with zero attached hydrogens (tertiary/aromatic N) is 5. The van der Waals surface area contributed by atoms with Crippen LogP contribution < -0.4 is 21.1 Å². The van der Waals surface area contributed by atoms with E-state index in [1.807, 2.05) is 13.0 Å². The molecule has 2 fully saturated rings. The number of rotatable bonds is 6. The highest BCUT2D eigenvalue weighted by Gasteiger charge is 2.26. The van der Waals surface area contributed by atoms with E-state index in [2.05, 4.69) is 25.5 Å².